The quantitative estimate of drug-likeness (QED) is 0.689. The summed E-state index contributed by atoms with van der Waals surface area (Å²) in [6.45, 7) is 0. The van der Waals surface area contributed by atoms with Crippen molar-refractivity contribution in [1.82, 2.24) is 0 Å². The molecule has 0 saturated heterocycles. The Morgan fingerprint density at radius 1 is 0.792 bits per heavy atom. The van der Waals surface area contributed by atoms with E-state index in [-0.39, 0.29) is 11.3 Å². The van der Waals surface area contributed by atoms with Crippen LogP contribution in [0.5, 0.6) is 11.5 Å². The lowest BCUT2D eigenvalue weighted by atomic mass is 9.95. The molecular formula is C16H12F6O2. The first-order valence-corrected chi connectivity index (χ1v) is 6.59. The van der Waals surface area contributed by atoms with Crippen molar-refractivity contribution in [2.45, 2.75) is 12.4 Å². The zero-order valence-electron chi connectivity index (χ0n) is 12.5. The highest BCUT2D eigenvalue weighted by molar-refractivity contribution is 5.73. The predicted octanol–water partition coefficient (Wildman–Crippen LogP) is 5.41. The van der Waals surface area contributed by atoms with Gasteiger partial charge in [0.1, 0.15) is 17.1 Å². The predicted molar refractivity (Wildman–Crippen MR) is 75.0 cm³/mol. The molecule has 0 N–H and O–H groups in total. The topological polar surface area (TPSA) is 18.5 Å². The second-order valence-electron chi connectivity index (χ2n) is 4.80. The number of halogens is 6. The maximum atomic E-state index is 13.5. The molecule has 2 rings (SSSR count). The van der Waals surface area contributed by atoms with E-state index in [1.165, 1.54) is 31.4 Å². The minimum absolute atomic E-state index is 0.0636. The van der Waals surface area contributed by atoms with Crippen LogP contribution >= 0.6 is 0 Å². The molecule has 0 aliphatic rings. The molecule has 0 amide bonds. The molecule has 8 heteroatoms. The minimum atomic E-state index is -5.04. The zero-order valence-corrected chi connectivity index (χ0v) is 12.5. The van der Waals surface area contributed by atoms with Gasteiger partial charge in [-0.05, 0) is 29.3 Å². The number of alkyl halides is 6. The van der Waals surface area contributed by atoms with Crippen molar-refractivity contribution in [2.24, 2.45) is 0 Å². The molecular weight excluding hydrogens is 338 g/mol. The summed E-state index contributed by atoms with van der Waals surface area (Å²) in [5.41, 5.74) is -3.32. The van der Waals surface area contributed by atoms with E-state index < -0.39 is 34.8 Å². The Balaban J connectivity index is 2.82. The zero-order chi connectivity index (χ0) is 18.1. The number of benzene rings is 2. The van der Waals surface area contributed by atoms with Crippen LogP contribution in [0.25, 0.3) is 11.1 Å². The first-order chi connectivity index (χ1) is 11.1. The fourth-order valence-electron chi connectivity index (χ4n) is 2.33. The highest BCUT2D eigenvalue weighted by Crippen LogP contribution is 2.48. The van der Waals surface area contributed by atoms with Gasteiger partial charge in [-0.1, -0.05) is 18.2 Å². The van der Waals surface area contributed by atoms with E-state index in [0.29, 0.717) is 6.07 Å². The lowest BCUT2D eigenvalue weighted by molar-refractivity contribution is -0.145. The van der Waals surface area contributed by atoms with E-state index in [2.05, 4.69) is 4.74 Å². The van der Waals surface area contributed by atoms with Crippen LogP contribution in [0.15, 0.2) is 36.4 Å². The third-order valence-electron chi connectivity index (χ3n) is 3.33. The maximum Gasteiger partial charge on any atom is 0.420 e. The Morgan fingerprint density at radius 2 is 1.46 bits per heavy atom. The van der Waals surface area contributed by atoms with Gasteiger partial charge >= 0.3 is 12.4 Å². The Labute approximate surface area is 133 Å². The molecule has 0 unspecified atom stereocenters. The highest BCUT2D eigenvalue weighted by atomic mass is 19.4. The first kappa shape index (κ1) is 18.0. The van der Waals surface area contributed by atoms with Crippen molar-refractivity contribution < 1.29 is 35.8 Å². The van der Waals surface area contributed by atoms with Crippen LogP contribution in [-0.4, -0.2) is 14.2 Å². The highest BCUT2D eigenvalue weighted by Gasteiger charge is 2.43. The molecule has 2 aromatic carbocycles. The monoisotopic (exact) mass is 350 g/mol. The van der Waals surface area contributed by atoms with Gasteiger partial charge in [-0.3, -0.25) is 0 Å². The molecule has 2 nitrogen and oxygen atoms in total. The number of methoxy groups -OCH3 is 2. The van der Waals surface area contributed by atoms with Crippen LogP contribution in [0, 0.1) is 0 Å². The third-order valence-corrected chi connectivity index (χ3v) is 3.33. The fraction of sp³-hybridized carbons (Fsp3) is 0.250. The Bertz CT molecular complexity index is 734. The van der Waals surface area contributed by atoms with Gasteiger partial charge in [0.2, 0.25) is 0 Å². The first-order valence-electron chi connectivity index (χ1n) is 6.59. The summed E-state index contributed by atoms with van der Waals surface area (Å²) in [5, 5.41) is 0. The fourth-order valence-corrected chi connectivity index (χ4v) is 2.33. The van der Waals surface area contributed by atoms with Crippen LogP contribution in [-0.2, 0) is 12.4 Å². The lowest BCUT2D eigenvalue weighted by Crippen LogP contribution is -2.15. The Morgan fingerprint density at radius 3 is 1.96 bits per heavy atom. The molecule has 0 atom stereocenters. The van der Waals surface area contributed by atoms with Crippen molar-refractivity contribution >= 4 is 0 Å². The molecule has 2 aromatic rings. The van der Waals surface area contributed by atoms with Crippen LogP contribution in [0.1, 0.15) is 11.1 Å². The lowest BCUT2D eigenvalue weighted by Gasteiger charge is -2.21. The molecule has 0 saturated carbocycles. The average molecular weight is 350 g/mol. The molecule has 0 fully saturated rings. The summed E-state index contributed by atoms with van der Waals surface area (Å²) in [6, 6.07) is 6.96. The van der Waals surface area contributed by atoms with E-state index in [1.54, 1.807) is 0 Å². The van der Waals surface area contributed by atoms with Gasteiger partial charge in [0, 0.05) is 0 Å². The minimum Gasteiger partial charge on any atom is -0.497 e. The van der Waals surface area contributed by atoms with Crippen molar-refractivity contribution in [3.05, 3.63) is 47.5 Å². The normalized spacial score (nSPS) is 12.2. The van der Waals surface area contributed by atoms with E-state index in [1.807, 2.05) is 0 Å². The van der Waals surface area contributed by atoms with E-state index in [4.69, 9.17) is 4.74 Å². The second kappa shape index (κ2) is 6.26. The molecule has 130 valence electrons. The summed E-state index contributed by atoms with van der Waals surface area (Å²) in [7, 11) is 2.10. The van der Waals surface area contributed by atoms with E-state index in [0.717, 1.165) is 13.2 Å². The number of hydrogen-bond donors (Lipinski definition) is 0. The molecule has 0 heterocycles. The standard InChI is InChI=1S/C16H12F6O2/c1-23-10-5-3-4-9(8-10)11-6-7-12(15(17,18)19)14(24-2)13(11)16(20,21)22/h3-8H,1-2H3. The molecule has 24 heavy (non-hydrogen) atoms. The van der Waals surface area contributed by atoms with E-state index in [9.17, 15) is 26.3 Å². The van der Waals surface area contributed by atoms with Crippen molar-refractivity contribution in [3.63, 3.8) is 0 Å². The summed E-state index contributed by atoms with van der Waals surface area (Å²) in [5.74, 6) is -0.977. The van der Waals surface area contributed by atoms with Crippen LogP contribution < -0.4 is 9.47 Å². The smallest absolute Gasteiger partial charge is 0.420 e. The molecule has 0 radical (unpaired) electrons. The van der Waals surface area contributed by atoms with Crippen molar-refractivity contribution in [3.8, 4) is 22.6 Å². The molecule has 0 aliphatic carbocycles. The van der Waals surface area contributed by atoms with Gasteiger partial charge in [-0.15, -0.1) is 0 Å². The number of hydrogen-bond acceptors (Lipinski definition) is 2. The summed E-state index contributed by atoms with van der Waals surface area (Å²) < 4.78 is 88.7. The van der Waals surface area contributed by atoms with Gasteiger partial charge in [0.05, 0.1) is 19.8 Å². The second-order valence-corrected chi connectivity index (χ2v) is 4.80. The van der Waals surface area contributed by atoms with Gasteiger partial charge in [-0.2, -0.15) is 26.3 Å². The SMILES string of the molecule is COc1cccc(-c2ccc(C(F)(F)F)c(OC)c2C(F)(F)F)c1. The number of ether oxygens (including phenoxy) is 2. The molecule has 0 aromatic heterocycles. The van der Waals surface area contributed by atoms with Gasteiger partial charge < -0.3 is 9.47 Å². The van der Waals surface area contributed by atoms with Gasteiger partial charge in [0.15, 0.2) is 0 Å². The van der Waals surface area contributed by atoms with Crippen LogP contribution in [0.4, 0.5) is 26.3 Å². The van der Waals surface area contributed by atoms with Crippen LogP contribution in [0.2, 0.25) is 0 Å². The molecule has 0 aliphatic heterocycles. The number of rotatable bonds is 3. The van der Waals surface area contributed by atoms with Crippen molar-refractivity contribution in [1.29, 1.82) is 0 Å². The third kappa shape index (κ3) is 3.42. The molecule has 0 spiro atoms. The van der Waals surface area contributed by atoms with Crippen molar-refractivity contribution in [2.75, 3.05) is 14.2 Å². The van der Waals surface area contributed by atoms with E-state index >= 15 is 0 Å². The Hall–Kier alpha value is -2.38. The summed E-state index contributed by atoms with van der Waals surface area (Å²) in [6.07, 6.45) is -10.0. The maximum absolute atomic E-state index is 13.5. The largest absolute Gasteiger partial charge is 0.497 e. The average Bonchev–Trinajstić information content (AvgIpc) is 2.51. The van der Waals surface area contributed by atoms with Crippen LogP contribution in [0.3, 0.4) is 0 Å². The summed E-state index contributed by atoms with van der Waals surface area (Å²) in [4.78, 5) is 0. The molecule has 0 bridgehead atoms. The Kier molecular flexibility index (Phi) is 4.68. The van der Waals surface area contributed by atoms with Gasteiger partial charge in [0.25, 0.3) is 0 Å². The summed E-state index contributed by atoms with van der Waals surface area (Å²) >= 11 is 0. The van der Waals surface area contributed by atoms with Gasteiger partial charge in [-0.25, -0.2) is 0 Å².